The molecule has 2 aromatic heterocycles. The number of H-pyrrole nitrogens is 1. The number of hydrogen-bond donors (Lipinski definition) is 3. The quantitative estimate of drug-likeness (QED) is 0.810. The molecule has 4 N–H and O–H groups in total. The first kappa shape index (κ1) is 12.9. The zero-order valence-corrected chi connectivity index (χ0v) is 11.5. The molecule has 0 aromatic carbocycles. The van der Waals surface area contributed by atoms with Crippen LogP contribution in [0.15, 0.2) is 12.1 Å². The fourth-order valence-corrected chi connectivity index (χ4v) is 2.70. The van der Waals surface area contributed by atoms with E-state index in [1.54, 1.807) is 6.92 Å². The summed E-state index contributed by atoms with van der Waals surface area (Å²) in [4.78, 5) is 13.1. The van der Waals surface area contributed by atoms with Gasteiger partial charge in [0, 0.05) is 10.6 Å². The van der Waals surface area contributed by atoms with Gasteiger partial charge in [-0.05, 0) is 26.0 Å². The van der Waals surface area contributed by atoms with Gasteiger partial charge in [0.1, 0.15) is 5.56 Å². The lowest BCUT2D eigenvalue weighted by molar-refractivity contribution is 0.0941. The van der Waals surface area contributed by atoms with Crippen LogP contribution in [-0.4, -0.2) is 16.1 Å². The summed E-state index contributed by atoms with van der Waals surface area (Å²) in [5, 5.41) is 9.34. The van der Waals surface area contributed by atoms with Crippen LogP contribution in [0, 0.1) is 6.92 Å². The van der Waals surface area contributed by atoms with Crippen LogP contribution in [0.2, 0.25) is 4.34 Å². The van der Waals surface area contributed by atoms with Crippen molar-refractivity contribution in [2.75, 3.05) is 5.73 Å². The number of nitrogens with zero attached hydrogens (tertiary/aromatic N) is 1. The van der Waals surface area contributed by atoms with E-state index >= 15 is 0 Å². The van der Waals surface area contributed by atoms with Gasteiger partial charge in [-0.1, -0.05) is 11.6 Å². The number of nitrogen functional groups attached to an aromatic ring is 1. The van der Waals surface area contributed by atoms with Crippen LogP contribution in [0.1, 0.15) is 33.9 Å². The molecule has 2 heterocycles. The highest BCUT2D eigenvalue weighted by Gasteiger charge is 2.19. The number of carbonyl (C=O) groups is 1. The molecular formula is C11H13ClN4OS. The molecule has 2 rings (SSSR count). The summed E-state index contributed by atoms with van der Waals surface area (Å²) in [6.07, 6.45) is 0. The average Bonchev–Trinajstić information content (AvgIpc) is 2.85. The Labute approximate surface area is 113 Å². The lowest BCUT2D eigenvalue weighted by atomic mass is 10.2. The predicted octanol–water partition coefficient (Wildman–Crippen LogP) is 2.51. The van der Waals surface area contributed by atoms with Crippen molar-refractivity contribution in [3.05, 3.63) is 32.6 Å². The summed E-state index contributed by atoms with van der Waals surface area (Å²) in [5.41, 5.74) is 6.69. The van der Waals surface area contributed by atoms with Crippen LogP contribution in [0.25, 0.3) is 0 Å². The minimum absolute atomic E-state index is 0.122. The van der Waals surface area contributed by atoms with E-state index in [2.05, 4.69) is 15.5 Å². The first-order valence-corrected chi connectivity index (χ1v) is 6.55. The molecule has 7 heteroatoms. The number of halogens is 1. The molecule has 2 aromatic rings. The maximum absolute atomic E-state index is 12.1. The molecule has 0 fully saturated rings. The van der Waals surface area contributed by atoms with Crippen molar-refractivity contribution >= 4 is 34.7 Å². The van der Waals surface area contributed by atoms with Gasteiger partial charge in [-0.3, -0.25) is 9.89 Å². The highest BCUT2D eigenvalue weighted by molar-refractivity contribution is 7.16. The van der Waals surface area contributed by atoms with Crippen LogP contribution < -0.4 is 11.1 Å². The molecule has 0 spiro atoms. The molecule has 0 saturated heterocycles. The smallest absolute Gasteiger partial charge is 0.257 e. The third-order valence-electron chi connectivity index (χ3n) is 2.57. The Morgan fingerprint density at radius 3 is 2.83 bits per heavy atom. The van der Waals surface area contributed by atoms with E-state index in [1.165, 1.54) is 11.3 Å². The van der Waals surface area contributed by atoms with Gasteiger partial charge in [0.15, 0.2) is 5.82 Å². The second-order valence-electron chi connectivity index (χ2n) is 3.95. The number of nitrogens with two attached hydrogens (primary N) is 1. The second kappa shape index (κ2) is 4.99. The molecule has 0 aliphatic carbocycles. The average molecular weight is 285 g/mol. The normalized spacial score (nSPS) is 12.4. The molecule has 0 aliphatic rings. The van der Waals surface area contributed by atoms with Crippen LogP contribution in [0.4, 0.5) is 5.82 Å². The van der Waals surface area contributed by atoms with Gasteiger partial charge in [0.05, 0.1) is 10.4 Å². The number of anilines is 1. The molecule has 5 nitrogen and oxygen atoms in total. The van der Waals surface area contributed by atoms with E-state index in [9.17, 15) is 4.79 Å². The van der Waals surface area contributed by atoms with Crippen molar-refractivity contribution < 1.29 is 4.79 Å². The lowest BCUT2D eigenvalue weighted by Gasteiger charge is -2.12. The Balaban J connectivity index is 2.13. The monoisotopic (exact) mass is 284 g/mol. The Bertz CT molecular complexity index is 558. The number of aromatic amines is 1. The number of carbonyl (C=O) groups excluding carboxylic acids is 1. The minimum atomic E-state index is -0.240. The Hall–Kier alpha value is -1.53. The summed E-state index contributed by atoms with van der Waals surface area (Å²) in [7, 11) is 0. The predicted molar refractivity (Wildman–Crippen MR) is 72.9 cm³/mol. The van der Waals surface area contributed by atoms with E-state index in [0.29, 0.717) is 15.6 Å². The fourth-order valence-electron chi connectivity index (χ4n) is 1.64. The van der Waals surface area contributed by atoms with Gasteiger partial charge in [0.25, 0.3) is 5.91 Å². The fraction of sp³-hybridized carbons (Fsp3) is 0.273. The van der Waals surface area contributed by atoms with Gasteiger partial charge >= 0.3 is 0 Å². The Morgan fingerprint density at radius 2 is 2.33 bits per heavy atom. The number of thiophene rings is 1. The topological polar surface area (TPSA) is 83.8 Å². The molecule has 18 heavy (non-hydrogen) atoms. The number of rotatable bonds is 3. The largest absolute Gasteiger partial charge is 0.382 e. The van der Waals surface area contributed by atoms with Gasteiger partial charge < -0.3 is 11.1 Å². The van der Waals surface area contributed by atoms with E-state index in [4.69, 9.17) is 17.3 Å². The van der Waals surface area contributed by atoms with Gasteiger partial charge in [-0.2, -0.15) is 5.10 Å². The van der Waals surface area contributed by atoms with E-state index in [1.807, 2.05) is 19.1 Å². The van der Waals surface area contributed by atoms with Gasteiger partial charge in [-0.15, -0.1) is 11.3 Å². The van der Waals surface area contributed by atoms with Crippen molar-refractivity contribution in [1.82, 2.24) is 15.5 Å². The number of aryl methyl sites for hydroxylation is 1. The van der Waals surface area contributed by atoms with Crippen molar-refractivity contribution in [3.8, 4) is 0 Å². The van der Waals surface area contributed by atoms with Crippen molar-refractivity contribution in [2.24, 2.45) is 0 Å². The molecule has 0 radical (unpaired) electrons. The van der Waals surface area contributed by atoms with Crippen molar-refractivity contribution in [1.29, 1.82) is 0 Å². The summed E-state index contributed by atoms with van der Waals surface area (Å²) in [5.74, 6) is -0.0304. The third-order valence-corrected chi connectivity index (χ3v) is 3.98. The summed E-state index contributed by atoms with van der Waals surface area (Å²) in [6, 6.07) is 3.58. The van der Waals surface area contributed by atoms with Crippen molar-refractivity contribution in [3.63, 3.8) is 0 Å². The van der Waals surface area contributed by atoms with Crippen LogP contribution in [0.3, 0.4) is 0 Å². The summed E-state index contributed by atoms with van der Waals surface area (Å²) in [6.45, 7) is 3.65. The zero-order chi connectivity index (χ0) is 13.3. The highest BCUT2D eigenvalue weighted by Crippen LogP contribution is 2.27. The van der Waals surface area contributed by atoms with Crippen LogP contribution in [-0.2, 0) is 0 Å². The maximum atomic E-state index is 12.1. The SMILES string of the molecule is Cc1[nH]nc(N)c1C(=O)NC(C)c1ccc(Cl)s1. The molecule has 0 bridgehead atoms. The third kappa shape index (κ3) is 2.49. The van der Waals surface area contributed by atoms with Gasteiger partial charge in [0.2, 0.25) is 0 Å². The summed E-state index contributed by atoms with van der Waals surface area (Å²) >= 11 is 7.30. The van der Waals surface area contributed by atoms with Gasteiger partial charge in [-0.25, -0.2) is 0 Å². The second-order valence-corrected chi connectivity index (χ2v) is 5.69. The van der Waals surface area contributed by atoms with E-state index < -0.39 is 0 Å². The first-order valence-electron chi connectivity index (χ1n) is 5.35. The molecule has 1 amide bonds. The summed E-state index contributed by atoms with van der Waals surface area (Å²) < 4.78 is 0.699. The molecule has 0 saturated carbocycles. The van der Waals surface area contributed by atoms with E-state index in [-0.39, 0.29) is 17.8 Å². The number of nitrogens with one attached hydrogen (secondary N) is 2. The lowest BCUT2D eigenvalue weighted by Crippen LogP contribution is -2.27. The van der Waals surface area contributed by atoms with Crippen LogP contribution in [0.5, 0.6) is 0 Å². The number of amides is 1. The zero-order valence-electron chi connectivity index (χ0n) is 9.95. The standard InChI is InChI=1S/C11H13ClN4OS/c1-5(7-3-4-8(12)18-7)14-11(17)9-6(2)15-16-10(9)13/h3-5H,1-2H3,(H,14,17)(H3,13,15,16). The molecule has 96 valence electrons. The Morgan fingerprint density at radius 1 is 1.61 bits per heavy atom. The van der Waals surface area contributed by atoms with Crippen molar-refractivity contribution in [2.45, 2.75) is 19.9 Å². The minimum Gasteiger partial charge on any atom is -0.382 e. The van der Waals surface area contributed by atoms with Crippen LogP contribution >= 0.6 is 22.9 Å². The maximum Gasteiger partial charge on any atom is 0.257 e. The van der Waals surface area contributed by atoms with E-state index in [0.717, 1.165) is 4.88 Å². The molecule has 1 unspecified atom stereocenters. The Kier molecular flexibility index (Phi) is 3.58. The first-order chi connectivity index (χ1) is 8.49. The number of aromatic nitrogens is 2. The molecular weight excluding hydrogens is 272 g/mol. The molecule has 0 aliphatic heterocycles. The highest BCUT2D eigenvalue weighted by atomic mass is 35.5. The molecule has 1 atom stereocenters. The number of hydrogen-bond acceptors (Lipinski definition) is 4.